The van der Waals surface area contributed by atoms with Crippen LogP contribution in [0.25, 0.3) is 0 Å². The molecule has 3 aromatic rings. The average molecular weight is 396 g/mol. The van der Waals surface area contributed by atoms with Gasteiger partial charge in [-0.25, -0.2) is 0 Å². The van der Waals surface area contributed by atoms with Gasteiger partial charge in [-0.05, 0) is 60.1 Å². The predicted molar refractivity (Wildman–Crippen MR) is 123 cm³/mol. The number of benzene rings is 3. The number of rotatable bonds is 4. The predicted octanol–water partition coefficient (Wildman–Crippen LogP) is 6.57. The second kappa shape index (κ2) is 7.43. The van der Waals surface area contributed by atoms with E-state index in [-0.39, 0.29) is 17.7 Å². The van der Waals surface area contributed by atoms with Crippen molar-refractivity contribution in [3.63, 3.8) is 0 Å². The number of carbonyl (C=O) groups excluding carboxylic acids is 1. The first-order chi connectivity index (χ1) is 14.6. The van der Waals surface area contributed by atoms with Gasteiger partial charge in [0.25, 0.3) is 0 Å². The highest BCUT2D eigenvalue weighted by Crippen LogP contribution is 2.59. The summed E-state index contributed by atoms with van der Waals surface area (Å²) < 4.78 is 0. The van der Waals surface area contributed by atoms with E-state index < -0.39 is 0 Å². The topological polar surface area (TPSA) is 29.1 Å². The standard InChI is InChI=1S/C28H29NO/c1-4-9-23-25-19-10-5-7-12-21(19)26(22-13-8-6-11-20(22)25)27(23)28(30)29-24-15-14-17(2)16-18(24)3/h5-8,10-16,23,25-27H,4,9H2,1-3H3,(H,29,30)/t23-,25?,26?,27-/m1/s1. The Balaban J connectivity index is 1.61. The van der Waals surface area contributed by atoms with Gasteiger partial charge in [-0.2, -0.15) is 0 Å². The lowest BCUT2D eigenvalue weighted by Gasteiger charge is -2.50. The van der Waals surface area contributed by atoms with Crippen LogP contribution in [0.1, 0.15) is 65.0 Å². The molecule has 30 heavy (non-hydrogen) atoms. The molecule has 0 heterocycles. The van der Waals surface area contributed by atoms with Crippen molar-refractivity contribution in [1.29, 1.82) is 0 Å². The molecule has 1 amide bonds. The van der Waals surface area contributed by atoms with Crippen LogP contribution in [0.4, 0.5) is 5.69 Å². The zero-order chi connectivity index (χ0) is 20.8. The minimum absolute atomic E-state index is 0.0412. The molecule has 1 N–H and O–H groups in total. The molecule has 0 spiro atoms. The Bertz CT molecular complexity index is 1070. The molecule has 152 valence electrons. The minimum atomic E-state index is -0.0412. The van der Waals surface area contributed by atoms with Gasteiger partial charge in [-0.3, -0.25) is 4.79 Å². The number of hydrogen-bond donors (Lipinski definition) is 1. The molecule has 3 aliphatic rings. The largest absolute Gasteiger partial charge is 0.326 e. The van der Waals surface area contributed by atoms with Crippen molar-refractivity contribution in [3.8, 4) is 0 Å². The maximum absolute atomic E-state index is 13.8. The minimum Gasteiger partial charge on any atom is -0.326 e. The highest BCUT2D eigenvalue weighted by atomic mass is 16.1. The van der Waals surface area contributed by atoms with Crippen molar-refractivity contribution >= 4 is 11.6 Å². The van der Waals surface area contributed by atoms with Crippen LogP contribution in [-0.4, -0.2) is 5.91 Å². The van der Waals surface area contributed by atoms with Gasteiger partial charge in [0, 0.05) is 17.5 Å². The molecule has 0 fully saturated rings. The van der Waals surface area contributed by atoms with E-state index >= 15 is 0 Å². The number of amides is 1. The van der Waals surface area contributed by atoms with Crippen LogP contribution in [0.2, 0.25) is 0 Å². The smallest absolute Gasteiger partial charge is 0.228 e. The number of anilines is 1. The van der Waals surface area contributed by atoms with Gasteiger partial charge in [-0.1, -0.05) is 79.6 Å². The maximum atomic E-state index is 13.8. The molecule has 3 aliphatic carbocycles. The van der Waals surface area contributed by atoms with Crippen LogP contribution >= 0.6 is 0 Å². The Kier molecular flexibility index (Phi) is 4.73. The number of carbonyl (C=O) groups is 1. The summed E-state index contributed by atoms with van der Waals surface area (Å²) in [6.45, 7) is 6.40. The summed E-state index contributed by atoms with van der Waals surface area (Å²) in [5.41, 5.74) is 8.81. The van der Waals surface area contributed by atoms with E-state index in [1.165, 1.54) is 27.8 Å². The third-order valence-corrected chi connectivity index (χ3v) is 7.15. The number of fused-ring (bicyclic) bond motifs is 1. The van der Waals surface area contributed by atoms with E-state index in [0.717, 1.165) is 24.1 Å². The Morgan fingerprint density at radius 1 is 0.833 bits per heavy atom. The number of hydrogen-bond acceptors (Lipinski definition) is 1. The Morgan fingerprint density at radius 2 is 1.40 bits per heavy atom. The molecule has 6 rings (SSSR count). The van der Waals surface area contributed by atoms with E-state index in [2.05, 4.69) is 86.8 Å². The second-order valence-electron chi connectivity index (χ2n) is 9.00. The highest BCUT2D eigenvalue weighted by molar-refractivity contribution is 5.95. The van der Waals surface area contributed by atoms with Gasteiger partial charge in [0.1, 0.15) is 0 Å². The fourth-order valence-corrected chi connectivity index (χ4v) is 5.99. The maximum Gasteiger partial charge on any atom is 0.228 e. The molecule has 0 aromatic heterocycles. The van der Waals surface area contributed by atoms with Crippen LogP contribution in [-0.2, 0) is 4.79 Å². The van der Waals surface area contributed by atoms with Gasteiger partial charge in [0.2, 0.25) is 5.91 Å². The van der Waals surface area contributed by atoms with E-state index in [0.29, 0.717) is 11.8 Å². The van der Waals surface area contributed by atoms with Gasteiger partial charge < -0.3 is 5.32 Å². The molecule has 2 nitrogen and oxygen atoms in total. The molecule has 2 atom stereocenters. The SMILES string of the molecule is CCC[C@@H]1C2c3ccccc3C(c3ccccc32)[C@@H]1C(=O)Nc1ccc(C)cc1C. The Hall–Kier alpha value is -2.87. The Morgan fingerprint density at radius 3 is 1.93 bits per heavy atom. The summed E-state index contributed by atoms with van der Waals surface area (Å²) in [5, 5.41) is 3.30. The fraction of sp³-hybridized carbons (Fsp3) is 0.321. The quantitative estimate of drug-likeness (QED) is 0.532. The van der Waals surface area contributed by atoms with E-state index in [1.807, 2.05) is 6.07 Å². The molecule has 0 aliphatic heterocycles. The zero-order valence-electron chi connectivity index (χ0n) is 18.0. The van der Waals surface area contributed by atoms with Crippen molar-refractivity contribution < 1.29 is 4.79 Å². The van der Waals surface area contributed by atoms with Crippen LogP contribution in [0.15, 0.2) is 66.7 Å². The van der Waals surface area contributed by atoms with E-state index in [1.54, 1.807) is 0 Å². The van der Waals surface area contributed by atoms with Crippen molar-refractivity contribution in [1.82, 2.24) is 0 Å². The summed E-state index contributed by atoms with van der Waals surface area (Å²) in [6, 6.07) is 23.8. The normalized spacial score (nSPS) is 23.6. The fourth-order valence-electron chi connectivity index (χ4n) is 5.99. The highest BCUT2D eigenvalue weighted by Gasteiger charge is 2.51. The molecular formula is C28H29NO. The molecule has 0 saturated heterocycles. The molecule has 0 saturated carbocycles. The summed E-state index contributed by atoms with van der Waals surface area (Å²) in [6.07, 6.45) is 2.15. The third-order valence-electron chi connectivity index (χ3n) is 7.15. The first-order valence-electron chi connectivity index (χ1n) is 11.2. The van der Waals surface area contributed by atoms with Crippen molar-refractivity contribution in [3.05, 3.63) is 100 Å². The van der Waals surface area contributed by atoms with Gasteiger partial charge >= 0.3 is 0 Å². The molecule has 3 aromatic carbocycles. The lowest BCUT2D eigenvalue weighted by Crippen LogP contribution is -2.45. The lowest BCUT2D eigenvalue weighted by atomic mass is 9.53. The monoisotopic (exact) mass is 395 g/mol. The average Bonchev–Trinajstić information content (AvgIpc) is 2.76. The third kappa shape index (κ3) is 2.89. The van der Waals surface area contributed by atoms with Crippen LogP contribution in [0.3, 0.4) is 0 Å². The summed E-state index contributed by atoms with van der Waals surface area (Å²) in [4.78, 5) is 13.8. The number of nitrogens with one attached hydrogen (secondary N) is 1. The molecule has 2 heteroatoms. The van der Waals surface area contributed by atoms with Crippen molar-refractivity contribution in [2.24, 2.45) is 11.8 Å². The summed E-state index contributed by atoms with van der Waals surface area (Å²) in [5.74, 6) is 0.886. The van der Waals surface area contributed by atoms with E-state index in [4.69, 9.17) is 0 Å². The van der Waals surface area contributed by atoms with Crippen molar-refractivity contribution in [2.45, 2.75) is 45.4 Å². The van der Waals surface area contributed by atoms with Crippen LogP contribution < -0.4 is 5.32 Å². The molecule has 2 bridgehead atoms. The summed E-state index contributed by atoms with van der Waals surface area (Å²) >= 11 is 0. The van der Waals surface area contributed by atoms with Gasteiger partial charge in [0.15, 0.2) is 0 Å². The van der Waals surface area contributed by atoms with Crippen LogP contribution in [0.5, 0.6) is 0 Å². The molecular weight excluding hydrogens is 366 g/mol. The number of aryl methyl sites for hydroxylation is 2. The Labute approximate surface area is 179 Å². The first kappa shape index (κ1) is 19.1. The van der Waals surface area contributed by atoms with Gasteiger partial charge in [0.05, 0.1) is 5.92 Å². The first-order valence-corrected chi connectivity index (χ1v) is 11.2. The van der Waals surface area contributed by atoms with E-state index in [9.17, 15) is 4.79 Å². The molecule has 0 unspecified atom stereocenters. The lowest BCUT2D eigenvalue weighted by molar-refractivity contribution is -0.123. The second-order valence-corrected chi connectivity index (χ2v) is 9.00. The van der Waals surface area contributed by atoms with Crippen molar-refractivity contribution in [2.75, 3.05) is 5.32 Å². The van der Waals surface area contributed by atoms with Crippen LogP contribution in [0, 0.1) is 25.7 Å². The molecule has 0 radical (unpaired) electrons. The zero-order valence-corrected chi connectivity index (χ0v) is 18.0. The van der Waals surface area contributed by atoms with Gasteiger partial charge in [-0.15, -0.1) is 0 Å². The summed E-state index contributed by atoms with van der Waals surface area (Å²) in [7, 11) is 0.